The van der Waals surface area contributed by atoms with Crippen LogP contribution in [0.5, 0.6) is 0 Å². The first-order valence-electron chi connectivity index (χ1n) is 9.43. The quantitative estimate of drug-likeness (QED) is 0.352. The Balaban J connectivity index is 1.77. The van der Waals surface area contributed by atoms with Crippen LogP contribution in [0.4, 0.5) is 0 Å². The maximum atomic E-state index is 5.17. The summed E-state index contributed by atoms with van der Waals surface area (Å²) in [6.07, 6.45) is 6.54. The van der Waals surface area contributed by atoms with Gasteiger partial charge in [-0.2, -0.15) is 0 Å². The Bertz CT molecular complexity index is 1590. The molecule has 0 saturated heterocycles. The van der Waals surface area contributed by atoms with E-state index in [0.29, 0.717) is 0 Å². The maximum Gasteiger partial charge on any atom is 0.146 e. The largest absolute Gasteiger partial charge is 0.290 e. The van der Waals surface area contributed by atoms with Crippen LogP contribution in [0.25, 0.3) is 49.6 Å². The van der Waals surface area contributed by atoms with Crippen molar-refractivity contribution in [1.82, 2.24) is 19.4 Å². The maximum absolute atomic E-state index is 5.17. The molecule has 0 fully saturated rings. The van der Waals surface area contributed by atoms with E-state index in [2.05, 4.69) is 56.8 Å². The predicted molar refractivity (Wildman–Crippen MR) is 112 cm³/mol. The van der Waals surface area contributed by atoms with Gasteiger partial charge in [-0.25, -0.2) is 4.98 Å². The van der Waals surface area contributed by atoms with E-state index in [1.807, 2.05) is 30.7 Å². The van der Waals surface area contributed by atoms with Crippen molar-refractivity contribution in [3.05, 3.63) is 84.3 Å². The van der Waals surface area contributed by atoms with Crippen LogP contribution in [0.3, 0.4) is 0 Å². The smallest absolute Gasteiger partial charge is 0.146 e. The minimum atomic E-state index is 0.957. The highest BCUT2D eigenvalue weighted by Gasteiger charge is 2.24. The number of fused-ring (bicyclic) bond motifs is 12. The molecule has 0 aliphatic heterocycles. The molecule has 28 heavy (non-hydrogen) atoms. The molecule has 6 aromatic rings. The molecule has 1 aliphatic carbocycles. The molecule has 4 nitrogen and oxygen atoms in total. The van der Waals surface area contributed by atoms with E-state index < -0.39 is 0 Å². The average Bonchev–Trinajstić information content (AvgIpc) is 3.32. The topological polar surface area (TPSA) is 43.1 Å². The lowest BCUT2D eigenvalue weighted by atomic mass is 10.0. The summed E-state index contributed by atoms with van der Waals surface area (Å²) >= 11 is 0. The van der Waals surface area contributed by atoms with Crippen LogP contribution in [0.15, 0.2) is 73.2 Å². The fraction of sp³-hybridized carbons (Fsp3) is 0.0417. The van der Waals surface area contributed by atoms with E-state index in [-0.39, 0.29) is 0 Å². The van der Waals surface area contributed by atoms with E-state index in [0.717, 1.165) is 44.9 Å². The number of rotatable bonds is 0. The Kier molecular flexibility index (Phi) is 2.51. The lowest BCUT2D eigenvalue weighted by Gasteiger charge is -2.07. The number of aromatic nitrogens is 4. The van der Waals surface area contributed by atoms with E-state index in [4.69, 9.17) is 4.98 Å². The molecule has 0 radical (unpaired) electrons. The predicted octanol–water partition coefficient (Wildman–Crippen LogP) is 5.16. The molecule has 1 aliphatic rings. The van der Waals surface area contributed by atoms with Gasteiger partial charge < -0.3 is 0 Å². The fourth-order valence-corrected chi connectivity index (χ4v) is 4.74. The van der Waals surface area contributed by atoms with Crippen molar-refractivity contribution in [2.75, 3.05) is 0 Å². The molecule has 0 unspecified atom stereocenters. The second-order valence-corrected chi connectivity index (χ2v) is 7.36. The van der Waals surface area contributed by atoms with Crippen LogP contribution < -0.4 is 0 Å². The zero-order valence-electron chi connectivity index (χ0n) is 14.9. The van der Waals surface area contributed by atoms with Gasteiger partial charge in [-0.05, 0) is 47.4 Å². The van der Waals surface area contributed by atoms with Crippen LogP contribution in [-0.2, 0) is 6.42 Å². The summed E-state index contributed by atoms with van der Waals surface area (Å²) in [6.45, 7) is 0. The van der Waals surface area contributed by atoms with Gasteiger partial charge in [-0.1, -0.05) is 30.3 Å². The van der Waals surface area contributed by atoms with Gasteiger partial charge in [0.25, 0.3) is 0 Å². The molecular formula is C24H14N4. The molecule has 0 amide bonds. The van der Waals surface area contributed by atoms with E-state index in [1.165, 1.54) is 22.3 Å². The van der Waals surface area contributed by atoms with Gasteiger partial charge in [0.2, 0.25) is 0 Å². The number of benzene rings is 2. The van der Waals surface area contributed by atoms with Crippen molar-refractivity contribution in [2.24, 2.45) is 0 Å². The van der Waals surface area contributed by atoms with Gasteiger partial charge >= 0.3 is 0 Å². The lowest BCUT2D eigenvalue weighted by molar-refractivity contribution is 1.26. The summed E-state index contributed by atoms with van der Waals surface area (Å²) in [7, 11) is 0. The zero-order chi connectivity index (χ0) is 18.2. The Morgan fingerprint density at radius 3 is 2.68 bits per heavy atom. The Labute approximate surface area is 160 Å². The second-order valence-electron chi connectivity index (χ2n) is 7.36. The van der Waals surface area contributed by atoms with Crippen molar-refractivity contribution in [3.8, 4) is 11.1 Å². The van der Waals surface area contributed by atoms with Gasteiger partial charge in [0.05, 0.1) is 22.1 Å². The second kappa shape index (κ2) is 4.93. The molecule has 2 aromatic carbocycles. The number of pyridine rings is 3. The van der Waals surface area contributed by atoms with Crippen LogP contribution in [0.2, 0.25) is 0 Å². The standard InChI is InChI=1S/C24H14N4/c1-2-5-16-14(4-1)12-15-7-8-20-23(21(15)16)27-24-17-9-11-25-13-18(17)22-19(28(20)24)6-3-10-26-22/h1-11,13H,12H2. The van der Waals surface area contributed by atoms with E-state index >= 15 is 0 Å². The molecule has 0 spiro atoms. The molecule has 0 atom stereocenters. The number of nitrogens with zero attached hydrogens (tertiary/aromatic N) is 4. The Morgan fingerprint density at radius 2 is 1.68 bits per heavy atom. The minimum Gasteiger partial charge on any atom is -0.290 e. The molecule has 4 heterocycles. The first-order chi connectivity index (χ1) is 13.9. The SMILES string of the molecule is c1ccc2c(c1)Cc1ccc3c(nc4c5ccncc5c5ncccc5n34)c1-2. The number of hydrogen-bond acceptors (Lipinski definition) is 3. The Hall–Kier alpha value is -3.79. The zero-order valence-corrected chi connectivity index (χ0v) is 14.9. The first kappa shape index (κ1) is 14.3. The monoisotopic (exact) mass is 358 g/mol. The van der Waals surface area contributed by atoms with Crippen molar-refractivity contribution in [1.29, 1.82) is 0 Å². The highest BCUT2D eigenvalue weighted by Crippen LogP contribution is 2.42. The van der Waals surface area contributed by atoms with Crippen LogP contribution >= 0.6 is 0 Å². The van der Waals surface area contributed by atoms with Crippen LogP contribution in [0, 0.1) is 0 Å². The van der Waals surface area contributed by atoms with E-state index in [9.17, 15) is 0 Å². The molecule has 0 N–H and O–H groups in total. The normalized spacial score (nSPS) is 12.9. The average molecular weight is 358 g/mol. The van der Waals surface area contributed by atoms with Gasteiger partial charge in [0.15, 0.2) is 0 Å². The third-order valence-electron chi connectivity index (χ3n) is 5.93. The lowest BCUT2D eigenvalue weighted by Crippen LogP contribution is -1.93. The van der Waals surface area contributed by atoms with Crippen LogP contribution in [0.1, 0.15) is 11.1 Å². The van der Waals surface area contributed by atoms with E-state index in [1.54, 1.807) is 0 Å². The molecule has 7 rings (SSSR count). The van der Waals surface area contributed by atoms with Gasteiger partial charge in [0, 0.05) is 34.9 Å². The summed E-state index contributed by atoms with van der Waals surface area (Å²) in [6, 6.07) is 19.3. The van der Waals surface area contributed by atoms with Gasteiger partial charge in [-0.3, -0.25) is 14.4 Å². The Morgan fingerprint density at radius 1 is 0.750 bits per heavy atom. The van der Waals surface area contributed by atoms with Gasteiger partial charge in [-0.15, -0.1) is 0 Å². The highest BCUT2D eigenvalue weighted by molar-refractivity contribution is 6.13. The fourth-order valence-electron chi connectivity index (χ4n) is 4.74. The highest BCUT2D eigenvalue weighted by atomic mass is 15.0. The minimum absolute atomic E-state index is 0.957. The number of imidazole rings is 1. The first-order valence-corrected chi connectivity index (χ1v) is 9.43. The molecule has 0 bridgehead atoms. The molecule has 130 valence electrons. The van der Waals surface area contributed by atoms with Crippen molar-refractivity contribution < 1.29 is 0 Å². The molecule has 4 aromatic heterocycles. The van der Waals surface area contributed by atoms with Crippen molar-refractivity contribution in [2.45, 2.75) is 6.42 Å². The number of hydrogen-bond donors (Lipinski definition) is 0. The third kappa shape index (κ3) is 1.63. The summed E-state index contributed by atoms with van der Waals surface area (Å²) < 4.78 is 2.25. The third-order valence-corrected chi connectivity index (χ3v) is 5.93. The summed E-state index contributed by atoms with van der Waals surface area (Å²) in [4.78, 5) is 14.2. The summed E-state index contributed by atoms with van der Waals surface area (Å²) in [5, 5.41) is 2.12. The molecule has 0 saturated carbocycles. The molecular weight excluding hydrogens is 344 g/mol. The van der Waals surface area contributed by atoms with Gasteiger partial charge in [0.1, 0.15) is 5.65 Å². The van der Waals surface area contributed by atoms with Crippen molar-refractivity contribution >= 4 is 38.5 Å². The molecule has 4 heteroatoms. The van der Waals surface area contributed by atoms with Crippen LogP contribution in [-0.4, -0.2) is 19.4 Å². The van der Waals surface area contributed by atoms with Crippen molar-refractivity contribution in [3.63, 3.8) is 0 Å². The summed E-state index contributed by atoms with van der Waals surface area (Å²) in [5.41, 5.74) is 10.5. The summed E-state index contributed by atoms with van der Waals surface area (Å²) in [5.74, 6) is 0.